The molecular weight excluding hydrogens is 330 g/mol. The molecule has 3 heteroatoms. The van der Waals surface area contributed by atoms with Gasteiger partial charge in [0.15, 0.2) is 0 Å². The minimum absolute atomic E-state index is 0.421. The van der Waals surface area contributed by atoms with Crippen LogP contribution in [-0.2, 0) is 6.54 Å². The van der Waals surface area contributed by atoms with E-state index < -0.39 is 0 Å². The van der Waals surface area contributed by atoms with E-state index in [1.807, 2.05) is 0 Å². The maximum Gasteiger partial charge on any atom is 0.0447 e. The molecule has 0 fully saturated rings. The van der Waals surface area contributed by atoms with Crippen LogP contribution in [0.25, 0.3) is 0 Å². The van der Waals surface area contributed by atoms with Crippen LogP contribution in [0.4, 0.5) is 0 Å². The number of thiol groups is 1. The molecule has 24 heavy (non-hydrogen) atoms. The SMILES string of the molecule is C=C(C)C1C2=C(CCC(C)(C)C2)SC1c1cc(C)ccc1CNS. The molecule has 0 aromatic heterocycles. The van der Waals surface area contributed by atoms with E-state index in [1.165, 1.54) is 41.5 Å². The van der Waals surface area contributed by atoms with Gasteiger partial charge >= 0.3 is 0 Å². The van der Waals surface area contributed by atoms with Crippen LogP contribution in [0.2, 0.25) is 0 Å². The zero-order chi connectivity index (χ0) is 17.5. The Morgan fingerprint density at radius 3 is 2.83 bits per heavy atom. The van der Waals surface area contributed by atoms with Crippen LogP contribution < -0.4 is 4.72 Å². The predicted molar refractivity (Wildman–Crippen MR) is 110 cm³/mol. The molecular formula is C21H29NS2. The number of hydrogen-bond donors (Lipinski definition) is 2. The number of benzene rings is 1. The van der Waals surface area contributed by atoms with Crippen molar-refractivity contribution in [2.24, 2.45) is 11.3 Å². The minimum atomic E-state index is 0.421. The molecule has 2 aliphatic rings. The van der Waals surface area contributed by atoms with Gasteiger partial charge in [0.05, 0.1) is 0 Å². The normalized spacial score (nSPS) is 25.7. The molecule has 1 N–H and O–H groups in total. The quantitative estimate of drug-likeness (QED) is 0.478. The highest BCUT2D eigenvalue weighted by molar-refractivity contribution is 8.03. The molecule has 0 spiro atoms. The van der Waals surface area contributed by atoms with E-state index in [0.29, 0.717) is 16.6 Å². The summed E-state index contributed by atoms with van der Waals surface area (Å²) in [4.78, 5) is 1.64. The molecule has 1 aromatic rings. The van der Waals surface area contributed by atoms with Crippen molar-refractivity contribution in [2.45, 2.75) is 58.8 Å². The fraction of sp³-hybridized carbons (Fsp3) is 0.524. The highest BCUT2D eigenvalue weighted by Gasteiger charge is 2.42. The summed E-state index contributed by atoms with van der Waals surface area (Å²) in [5, 5.41) is 0.470. The van der Waals surface area contributed by atoms with E-state index in [1.54, 1.807) is 10.5 Å². The van der Waals surface area contributed by atoms with Gasteiger partial charge in [0.1, 0.15) is 0 Å². The highest BCUT2D eigenvalue weighted by atomic mass is 32.2. The Morgan fingerprint density at radius 1 is 1.42 bits per heavy atom. The number of rotatable bonds is 4. The molecule has 2 unspecified atom stereocenters. The molecule has 0 bridgehead atoms. The Morgan fingerprint density at radius 2 is 2.17 bits per heavy atom. The first kappa shape index (κ1) is 18.2. The predicted octanol–water partition coefficient (Wildman–Crippen LogP) is 6.37. The summed E-state index contributed by atoms with van der Waals surface area (Å²) in [6, 6.07) is 6.83. The molecule has 0 amide bonds. The number of thioether (sulfide) groups is 1. The fourth-order valence-corrected chi connectivity index (χ4v) is 6.09. The van der Waals surface area contributed by atoms with Crippen molar-refractivity contribution in [2.75, 3.05) is 0 Å². The molecule has 3 rings (SSSR count). The van der Waals surface area contributed by atoms with E-state index in [0.717, 1.165) is 6.54 Å². The van der Waals surface area contributed by atoms with Crippen molar-refractivity contribution in [1.29, 1.82) is 0 Å². The lowest BCUT2D eigenvalue weighted by Crippen LogP contribution is -2.21. The molecule has 0 radical (unpaired) electrons. The second kappa shape index (κ2) is 6.93. The zero-order valence-electron chi connectivity index (χ0n) is 15.3. The molecule has 2 atom stereocenters. The Kier molecular flexibility index (Phi) is 5.25. The highest BCUT2D eigenvalue weighted by Crippen LogP contribution is 2.60. The van der Waals surface area contributed by atoms with Crippen molar-refractivity contribution >= 4 is 24.6 Å². The van der Waals surface area contributed by atoms with Crippen LogP contribution in [0.3, 0.4) is 0 Å². The van der Waals surface area contributed by atoms with Crippen LogP contribution in [0.15, 0.2) is 40.8 Å². The van der Waals surface area contributed by atoms with Gasteiger partial charge in [-0.15, -0.1) is 11.8 Å². The number of nitrogens with one attached hydrogen (secondary N) is 1. The van der Waals surface area contributed by atoms with Gasteiger partial charge in [0.25, 0.3) is 0 Å². The second-order valence-corrected chi connectivity index (χ2v) is 9.74. The van der Waals surface area contributed by atoms with Crippen molar-refractivity contribution in [1.82, 2.24) is 4.72 Å². The monoisotopic (exact) mass is 359 g/mol. The third-order valence-electron chi connectivity index (χ3n) is 5.41. The Hall–Kier alpha value is -0.640. The smallest absolute Gasteiger partial charge is 0.0447 e. The van der Waals surface area contributed by atoms with Gasteiger partial charge in [-0.2, -0.15) is 0 Å². The standard InChI is InChI=1S/C21H29NS2/c1-13(2)19-17-11-21(4,5)9-8-18(17)24-20(19)16-10-14(3)6-7-15(16)12-22-23/h6-7,10,19-20,22-23H,1,8-9,11-12H2,2-5H3. The maximum absolute atomic E-state index is 4.37. The molecule has 0 saturated carbocycles. The Bertz CT molecular complexity index is 687. The van der Waals surface area contributed by atoms with Gasteiger partial charge in [-0.05, 0) is 54.6 Å². The van der Waals surface area contributed by atoms with Crippen LogP contribution >= 0.6 is 24.6 Å². The van der Waals surface area contributed by atoms with Crippen LogP contribution in [0.5, 0.6) is 0 Å². The number of allylic oxidation sites excluding steroid dienone is 3. The van der Waals surface area contributed by atoms with Gasteiger partial charge in [0.2, 0.25) is 0 Å². The molecule has 0 saturated heterocycles. The van der Waals surface area contributed by atoms with E-state index in [2.05, 4.69) is 81.8 Å². The lowest BCUT2D eigenvalue weighted by Gasteiger charge is -2.33. The van der Waals surface area contributed by atoms with Gasteiger partial charge in [0, 0.05) is 17.7 Å². The average Bonchev–Trinajstić information content (AvgIpc) is 2.86. The van der Waals surface area contributed by atoms with Crippen LogP contribution in [0.1, 0.15) is 62.0 Å². The molecule has 1 aliphatic heterocycles. The minimum Gasteiger partial charge on any atom is -0.262 e. The van der Waals surface area contributed by atoms with Gasteiger partial charge in [-0.1, -0.05) is 68.1 Å². The summed E-state index contributed by atoms with van der Waals surface area (Å²) in [6.45, 7) is 14.4. The third kappa shape index (κ3) is 3.49. The van der Waals surface area contributed by atoms with E-state index in [-0.39, 0.29) is 0 Å². The van der Waals surface area contributed by atoms with Gasteiger partial charge < -0.3 is 0 Å². The maximum atomic E-state index is 4.37. The summed E-state index contributed by atoms with van der Waals surface area (Å²) >= 11 is 6.33. The summed E-state index contributed by atoms with van der Waals surface area (Å²) in [7, 11) is 0. The Labute approximate surface area is 156 Å². The van der Waals surface area contributed by atoms with Gasteiger partial charge in [-0.3, -0.25) is 4.72 Å². The van der Waals surface area contributed by atoms with E-state index in [9.17, 15) is 0 Å². The molecule has 1 aromatic carbocycles. The molecule has 130 valence electrons. The lowest BCUT2D eigenvalue weighted by molar-refractivity contribution is 0.308. The average molecular weight is 360 g/mol. The Balaban J connectivity index is 2.01. The summed E-state index contributed by atoms with van der Waals surface area (Å²) < 4.78 is 3.04. The molecule has 1 heterocycles. The molecule has 1 aliphatic carbocycles. The largest absolute Gasteiger partial charge is 0.262 e. The topological polar surface area (TPSA) is 12.0 Å². The van der Waals surface area contributed by atoms with Crippen LogP contribution in [0, 0.1) is 18.3 Å². The number of aryl methyl sites for hydroxylation is 1. The summed E-state index contributed by atoms with van der Waals surface area (Å²) in [5.74, 6) is 0.477. The van der Waals surface area contributed by atoms with Crippen molar-refractivity contribution in [3.63, 3.8) is 0 Å². The zero-order valence-corrected chi connectivity index (χ0v) is 17.0. The van der Waals surface area contributed by atoms with Crippen molar-refractivity contribution in [3.8, 4) is 0 Å². The summed E-state index contributed by atoms with van der Waals surface area (Å²) in [5.41, 5.74) is 7.55. The first-order valence-corrected chi connectivity index (χ1v) is 10.2. The third-order valence-corrected chi connectivity index (χ3v) is 7.10. The lowest BCUT2D eigenvalue weighted by atomic mass is 9.71. The molecule has 1 nitrogen and oxygen atoms in total. The first-order chi connectivity index (χ1) is 11.3. The fourth-order valence-electron chi connectivity index (χ4n) is 4.16. The van der Waals surface area contributed by atoms with E-state index in [4.69, 9.17) is 0 Å². The number of hydrogen-bond acceptors (Lipinski definition) is 3. The van der Waals surface area contributed by atoms with Crippen LogP contribution in [-0.4, -0.2) is 0 Å². The second-order valence-electron chi connectivity index (χ2n) is 8.19. The van der Waals surface area contributed by atoms with Gasteiger partial charge in [-0.25, -0.2) is 0 Å². The first-order valence-electron chi connectivity index (χ1n) is 8.83. The van der Waals surface area contributed by atoms with Crippen molar-refractivity contribution < 1.29 is 0 Å². The summed E-state index contributed by atoms with van der Waals surface area (Å²) in [6.07, 6.45) is 3.75. The van der Waals surface area contributed by atoms with Crippen molar-refractivity contribution in [3.05, 3.63) is 57.5 Å². The van der Waals surface area contributed by atoms with E-state index >= 15 is 0 Å².